The van der Waals surface area contributed by atoms with Crippen LogP contribution in [-0.2, 0) is 0 Å². The molecule has 2 aromatic heterocycles. The van der Waals surface area contributed by atoms with Crippen LogP contribution in [-0.4, -0.2) is 16.7 Å². The molecule has 0 aliphatic carbocycles. The third-order valence-corrected chi connectivity index (χ3v) is 2.98. The fourth-order valence-electron chi connectivity index (χ4n) is 1.30. The Bertz CT molecular complexity index is 416. The maximum Gasteiger partial charge on any atom is 0.148 e. The second-order valence-corrected chi connectivity index (χ2v) is 4.40. The minimum atomic E-state index is 0.897. The zero-order chi connectivity index (χ0) is 9.97. The van der Waals surface area contributed by atoms with E-state index in [1.54, 1.807) is 11.3 Å². The van der Waals surface area contributed by atoms with Gasteiger partial charge in [0, 0.05) is 17.5 Å². The van der Waals surface area contributed by atoms with E-state index < -0.39 is 0 Å². The first-order valence-corrected chi connectivity index (χ1v) is 5.47. The molecule has 3 nitrogen and oxygen atoms in total. The van der Waals surface area contributed by atoms with E-state index in [0.717, 1.165) is 18.1 Å². The van der Waals surface area contributed by atoms with Crippen LogP contribution in [0.5, 0.6) is 0 Å². The van der Waals surface area contributed by atoms with Crippen LogP contribution in [0.15, 0.2) is 18.2 Å². The van der Waals surface area contributed by atoms with Gasteiger partial charge in [-0.2, -0.15) is 5.10 Å². The van der Waals surface area contributed by atoms with Crippen molar-refractivity contribution in [2.45, 2.75) is 13.8 Å². The maximum atomic E-state index is 4.16. The number of nitrogens with one attached hydrogen (secondary N) is 2. The van der Waals surface area contributed by atoms with Crippen molar-refractivity contribution >= 4 is 17.2 Å². The average Bonchev–Trinajstić information content (AvgIpc) is 2.74. The van der Waals surface area contributed by atoms with Gasteiger partial charge in [-0.05, 0) is 26.0 Å². The molecule has 0 spiro atoms. The molecule has 0 unspecified atom stereocenters. The number of H-pyrrole nitrogens is 1. The van der Waals surface area contributed by atoms with Crippen molar-refractivity contribution in [3.63, 3.8) is 0 Å². The molecule has 0 saturated heterocycles. The minimum Gasteiger partial charge on any atom is -0.369 e. The minimum absolute atomic E-state index is 0.897. The van der Waals surface area contributed by atoms with Crippen molar-refractivity contribution in [3.8, 4) is 10.6 Å². The molecule has 0 aliphatic heterocycles. The predicted molar refractivity (Wildman–Crippen MR) is 60.8 cm³/mol. The Hall–Kier alpha value is -1.29. The first kappa shape index (κ1) is 9.27. The molecule has 14 heavy (non-hydrogen) atoms. The third-order valence-electron chi connectivity index (χ3n) is 1.94. The van der Waals surface area contributed by atoms with Gasteiger partial charge in [0.25, 0.3) is 0 Å². The van der Waals surface area contributed by atoms with E-state index in [1.807, 2.05) is 6.07 Å². The molecular weight excluding hydrogens is 194 g/mol. The summed E-state index contributed by atoms with van der Waals surface area (Å²) >= 11 is 1.77. The molecular formula is C10H13N3S. The summed E-state index contributed by atoms with van der Waals surface area (Å²) in [4.78, 5) is 2.55. The predicted octanol–water partition coefficient (Wildman–Crippen LogP) is 2.88. The van der Waals surface area contributed by atoms with Crippen LogP contribution in [0.25, 0.3) is 10.6 Å². The Morgan fingerprint density at radius 1 is 1.50 bits per heavy atom. The highest BCUT2D eigenvalue weighted by Gasteiger charge is 2.04. The first-order valence-electron chi connectivity index (χ1n) is 4.65. The summed E-state index contributed by atoms with van der Waals surface area (Å²) in [5.74, 6) is 0.911. The molecule has 0 radical (unpaired) electrons. The number of aromatic amines is 1. The van der Waals surface area contributed by atoms with Crippen molar-refractivity contribution in [1.29, 1.82) is 0 Å². The van der Waals surface area contributed by atoms with Crippen LogP contribution in [0, 0.1) is 6.92 Å². The first-order chi connectivity index (χ1) is 6.79. The molecule has 0 bridgehead atoms. The van der Waals surface area contributed by atoms with E-state index in [4.69, 9.17) is 0 Å². The SMILES string of the molecule is CCNc1cc(-c2ccc(C)s2)[nH]n1. The summed E-state index contributed by atoms with van der Waals surface area (Å²) < 4.78 is 0. The summed E-state index contributed by atoms with van der Waals surface area (Å²) in [5, 5.41) is 10.3. The zero-order valence-electron chi connectivity index (χ0n) is 8.29. The molecule has 0 fully saturated rings. The van der Waals surface area contributed by atoms with E-state index in [1.165, 1.54) is 9.75 Å². The van der Waals surface area contributed by atoms with Gasteiger partial charge in [-0.1, -0.05) is 0 Å². The summed E-state index contributed by atoms with van der Waals surface area (Å²) in [5.41, 5.74) is 1.08. The third kappa shape index (κ3) is 1.80. The number of aryl methyl sites for hydroxylation is 1. The lowest BCUT2D eigenvalue weighted by molar-refractivity contribution is 1.07. The van der Waals surface area contributed by atoms with Gasteiger partial charge >= 0.3 is 0 Å². The molecule has 0 aromatic carbocycles. The smallest absolute Gasteiger partial charge is 0.148 e. The Labute approximate surface area is 87.2 Å². The molecule has 0 atom stereocenters. The normalized spacial score (nSPS) is 10.4. The topological polar surface area (TPSA) is 40.7 Å². The lowest BCUT2D eigenvalue weighted by atomic mass is 10.3. The molecule has 0 amide bonds. The second kappa shape index (κ2) is 3.84. The Morgan fingerprint density at radius 2 is 2.36 bits per heavy atom. The highest BCUT2D eigenvalue weighted by molar-refractivity contribution is 7.15. The molecule has 2 rings (SSSR count). The van der Waals surface area contributed by atoms with Gasteiger partial charge in [0.1, 0.15) is 5.82 Å². The standard InChI is InChI=1S/C10H13N3S/c1-3-11-10-6-8(12-13-10)9-5-4-7(2)14-9/h4-6H,3H2,1-2H3,(H2,11,12,13). The van der Waals surface area contributed by atoms with Gasteiger partial charge < -0.3 is 5.32 Å². The lowest BCUT2D eigenvalue weighted by Crippen LogP contribution is -1.95. The summed E-state index contributed by atoms with van der Waals surface area (Å²) in [6.45, 7) is 5.06. The quantitative estimate of drug-likeness (QED) is 0.812. The van der Waals surface area contributed by atoms with Crippen LogP contribution in [0.3, 0.4) is 0 Å². The van der Waals surface area contributed by atoms with Crippen LogP contribution in [0.1, 0.15) is 11.8 Å². The summed E-state index contributed by atoms with van der Waals surface area (Å²) in [6, 6.07) is 6.27. The van der Waals surface area contributed by atoms with E-state index in [9.17, 15) is 0 Å². The van der Waals surface area contributed by atoms with Gasteiger partial charge in [-0.15, -0.1) is 11.3 Å². The van der Waals surface area contributed by atoms with Crippen molar-refractivity contribution < 1.29 is 0 Å². The van der Waals surface area contributed by atoms with E-state index in [2.05, 4.69) is 41.5 Å². The van der Waals surface area contributed by atoms with Crippen molar-refractivity contribution in [2.24, 2.45) is 0 Å². The molecule has 74 valence electrons. The number of rotatable bonds is 3. The lowest BCUT2D eigenvalue weighted by Gasteiger charge is -1.92. The van der Waals surface area contributed by atoms with E-state index in [0.29, 0.717) is 0 Å². The van der Waals surface area contributed by atoms with Crippen molar-refractivity contribution in [2.75, 3.05) is 11.9 Å². The van der Waals surface area contributed by atoms with Gasteiger partial charge in [0.15, 0.2) is 0 Å². The molecule has 2 N–H and O–H groups in total. The van der Waals surface area contributed by atoms with Crippen LogP contribution in [0.2, 0.25) is 0 Å². The summed E-state index contributed by atoms with van der Waals surface area (Å²) in [7, 11) is 0. The highest BCUT2D eigenvalue weighted by Crippen LogP contribution is 2.27. The van der Waals surface area contributed by atoms with Crippen LogP contribution >= 0.6 is 11.3 Å². The monoisotopic (exact) mass is 207 g/mol. The maximum absolute atomic E-state index is 4.16. The Morgan fingerprint density at radius 3 is 3.00 bits per heavy atom. The van der Waals surface area contributed by atoms with Gasteiger partial charge in [0.2, 0.25) is 0 Å². The molecule has 2 heterocycles. The number of anilines is 1. The highest BCUT2D eigenvalue weighted by atomic mass is 32.1. The van der Waals surface area contributed by atoms with Gasteiger partial charge in [0.05, 0.1) is 10.6 Å². The molecule has 4 heteroatoms. The molecule has 0 aliphatic rings. The molecule has 2 aromatic rings. The second-order valence-electron chi connectivity index (χ2n) is 3.11. The molecule has 0 saturated carbocycles. The number of aromatic nitrogens is 2. The van der Waals surface area contributed by atoms with E-state index in [-0.39, 0.29) is 0 Å². The number of hydrogen-bond donors (Lipinski definition) is 2. The number of thiophene rings is 1. The van der Waals surface area contributed by atoms with Crippen molar-refractivity contribution in [1.82, 2.24) is 10.2 Å². The van der Waals surface area contributed by atoms with Gasteiger partial charge in [-0.25, -0.2) is 0 Å². The average molecular weight is 207 g/mol. The Kier molecular flexibility index (Phi) is 2.54. The number of hydrogen-bond acceptors (Lipinski definition) is 3. The number of nitrogens with zero attached hydrogens (tertiary/aromatic N) is 1. The largest absolute Gasteiger partial charge is 0.369 e. The van der Waals surface area contributed by atoms with Gasteiger partial charge in [-0.3, -0.25) is 5.10 Å². The van der Waals surface area contributed by atoms with Crippen LogP contribution in [0.4, 0.5) is 5.82 Å². The summed E-state index contributed by atoms with van der Waals surface area (Å²) in [6.07, 6.45) is 0. The zero-order valence-corrected chi connectivity index (χ0v) is 9.11. The fourth-order valence-corrected chi connectivity index (χ4v) is 2.13. The van der Waals surface area contributed by atoms with Crippen molar-refractivity contribution in [3.05, 3.63) is 23.1 Å². The van der Waals surface area contributed by atoms with E-state index >= 15 is 0 Å². The van der Waals surface area contributed by atoms with Crippen LogP contribution < -0.4 is 5.32 Å². The fraction of sp³-hybridized carbons (Fsp3) is 0.300. The Balaban J connectivity index is 2.24.